The first-order chi connectivity index (χ1) is 15.7. The Morgan fingerprint density at radius 1 is 1.19 bits per heavy atom. The summed E-state index contributed by atoms with van der Waals surface area (Å²) in [5.74, 6) is 1.68. The number of nitrogens with one attached hydrogen (secondary N) is 1. The predicted molar refractivity (Wildman–Crippen MR) is 117 cm³/mol. The Morgan fingerprint density at radius 2 is 2.00 bits per heavy atom. The first-order valence-corrected chi connectivity index (χ1v) is 10.4. The topological polar surface area (TPSA) is 93.0 Å². The molecule has 0 atom stereocenters. The van der Waals surface area contributed by atoms with E-state index in [0.717, 1.165) is 35.5 Å². The van der Waals surface area contributed by atoms with Gasteiger partial charge in [-0.1, -0.05) is 12.1 Å². The minimum absolute atomic E-state index is 0.0354. The van der Waals surface area contributed by atoms with E-state index in [9.17, 15) is 10.1 Å². The van der Waals surface area contributed by atoms with Gasteiger partial charge in [-0.2, -0.15) is 5.26 Å². The molecule has 0 unspecified atom stereocenters. The van der Waals surface area contributed by atoms with Crippen LogP contribution in [0.2, 0.25) is 0 Å². The maximum Gasteiger partial charge on any atom is 0.262 e. The lowest BCUT2D eigenvalue weighted by Crippen LogP contribution is -2.35. The fraction of sp³-hybridized carbons (Fsp3) is 0.333. The van der Waals surface area contributed by atoms with Crippen molar-refractivity contribution in [3.63, 3.8) is 0 Å². The smallest absolute Gasteiger partial charge is 0.262 e. The van der Waals surface area contributed by atoms with Gasteiger partial charge >= 0.3 is 0 Å². The molecule has 2 aromatic carbocycles. The highest BCUT2D eigenvalue weighted by Crippen LogP contribution is 2.32. The molecule has 2 aromatic rings. The summed E-state index contributed by atoms with van der Waals surface area (Å²) in [7, 11) is 1.64. The van der Waals surface area contributed by atoms with Crippen molar-refractivity contribution >= 4 is 12.0 Å². The number of ether oxygens (including phenoxy) is 4. The van der Waals surface area contributed by atoms with Crippen LogP contribution in [-0.4, -0.2) is 51.0 Å². The van der Waals surface area contributed by atoms with Gasteiger partial charge in [0, 0.05) is 31.7 Å². The van der Waals surface area contributed by atoms with E-state index in [4.69, 9.17) is 18.9 Å². The van der Waals surface area contributed by atoms with Gasteiger partial charge < -0.3 is 24.3 Å². The molecular formula is C24H25N3O5. The molecule has 0 spiro atoms. The number of hydrogen-bond acceptors (Lipinski definition) is 7. The molecular weight excluding hydrogens is 410 g/mol. The molecule has 166 valence electrons. The SMILES string of the molecule is COc1ccc(/C=C(\C#N)C(=O)NCc2ccc3c(c2)OCO3)cc1CN1CCOCC1. The molecule has 1 saturated heterocycles. The van der Waals surface area contributed by atoms with Crippen molar-refractivity contribution in [2.45, 2.75) is 13.1 Å². The molecule has 1 fully saturated rings. The monoisotopic (exact) mass is 435 g/mol. The molecule has 2 heterocycles. The molecule has 0 radical (unpaired) electrons. The summed E-state index contributed by atoms with van der Waals surface area (Å²) in [4.78, 5) is 14.9. The van der Waals surface area contributed by atoms with Gasteiger partial charge in [0.25, 0.3) is 5.91 Å². The zero-order chi connectivity index (χ0) is 22.3. The minimum Gasteiger partial charge on any atom is -0.496 e. The third kappa shape index (κ3) is 5.19. The zero-order valence-corrected chi connectivity index (χ0v) is 17.9. The molecule has 32 heavy (non-hydrogen) atoms. The van der Waals surface area contributed by atoms with Crippen LogP contribution in [0.5, 0.6) is 17.2 Å². The Bertz CT molecular complexity index is 1050. The van der Waals surface area contributed by atoms with Gasteiger partial charge in [-0.05, 0) is 41.5 Å². The molecule has 8 heteroatoms. The normalized spacial score (nSPS) is 15.8. The average Bonchev–Trinajstić information content (AvgIpc) is 3.30. The average molecular weight is 435 g/mol. The van der Waals surface area contributed by atoms with Gasteiger partial charge in [-0.25, -0.2) is 0 Å². The van der Waals surface area contributed by atoms with E-state index in [1.165, 1.54) is 0 Å². The fourth-order valence-corrected chi connectivity index (χ4v) is 3.66. The molecule has 0 bridgehead atoms. The summed E-state index contributed by atoms with van der Waals surface area (Å²) < 4.78 is 21.6. The van der Waals surface area contributed by atoms with Gasteiger partial charge in [0.1, 0.15) is 17.4 Å². The summed E-state index contributed by atoms with van der Waals surface area (Å²) in [6.07, 6.45) is 1.59. The van der Waals surface area contributed by atoms with Crippen LogP contribution in [0.3, 0.4) is 0 Å². The number of methoxy groups -OCH3 is 1. The number of carbonyl (C=O) groups excluding carboxylic acids is 1. The summed E-state index contributed by atoms with van der Waals surface area (Å²) in [6, 6.07) is 13.1. The summed E-state index contributed by atoms with van der Waals surface area (Å²) in [5.41, 5.74) is 2.66. The number of nitriles is 1. The van der Waals surface area contributed by atoms with E-state index < -0.39 is 5.91 Å². The summed E-state index contributed by atoms with van der Waals surface area (Å²) in [6.45, 7) is 4.32. The first-order valence-electron chi connectivity index (χ1n) is 10.4. The lowest BCUT2D eigenvalue weighted by Gasteiger charge is -2.27. The van der Waals surface area contributed by atoms with E-state index in [1.54, 1.807) is 19.3 Å². The Balaban J connectivity index is 1.45. The van der Waals surface area contributed by atoms with Crippen LogP contribution in [0.15, 0.2) is 42.0 Å². The van der Waals surface area contributed by atoms with Crippen LogP contribution in [0, 0.1) is 11.3 Å². The number of benzene rings is 2. The number of morpholine rings is 1. The van der Waals surface area contributed by atoms with Crippen molar-refractivity contribution in [3.05, 3.63) is 58.7 Å². The Morgan fingerprint density at radius 3 is 2.78 bits per heavy atom. The van der Waals surface area contributed by atoms with Gasteiger partial charge in [-0.3, -0.25) is 9.69 Å². The van der Waals surface area contributed by atoms with Crippen molar-refractivity contribution in [2.75, 3.05) is 40.2 Å². The van der Waals surface area contributed by atoms with E-state index in [2.05, 4.69) is 10.2 Å². The Hall–Kier alpha value is -3.54. The van der Waals surface area contributed by atoms with Crippen LogP contribution in [0.4, 0.5) is 0 Å². The molecule has 1 amide bonds. The lowest BCUT2D eigenvalue weighted by molar-refractivity contribution is -0.117. The lowest BCUT2D eigenvalue weighted by atomic mass is 10.1. The third-order valence-electron chi connectivity index (χ3n) is 5.37. The second-order valence-electron chi connectivity index (χ2n) is 7.50. The van der Waals surface area contributed by atoms with Crippen LogP contribution >= 0.6 is 0 Å². The predicted octanol–water partition coefficient (Wildman–Crippen LogP) is 2.48. The number of carbonyl (C=O) groups is 1. The molecule has 4 rings (SSSR count). The van der Waals surface area contributed by atoms with Crippen LogP contribution in [0.25, 0.3) is 6.08 Å². The second kappa shape index (κ2) is 10.2. The maximum absolute atomic E-state index is 12.6. The molecule has 0 aliphatic carbocycles. The van der Waals surface area contributed by atoms with E-state index in [0.29, 0.717) is 31.3 Å². The minimum atomic E-state index is -0.435. The van der Waals surface area contributed by atoms with Gasteiger partial charge in [0.15, 0.2) is 11.5 Å². The van der Waals surface area contributed by atoms with E-state index in [1.807, 2.05) is 36.4 Å². The van der Waals surface area contributed by atoms with Crippen LogP contribution in [-0.2, 0) is 22.6 Å². The number of hydrogen-bond donors (Lipinski definition) is 1. The maximum atomic E-state index is 12.6. The number of rotatable bonds is 7. The van der Waals surface area contributed by atoms with Crippen LogP contribution in [0.1, 0.15) is 16.7 Å². The molecule has 0 aromatic heterocycles. The van der Waals surface area contributed by atoms with Crippen molar-refractivity contribution in [2.24, 2.45) is 0 Å². The van der Waals surface area contributed by atoms with Crippen molar-refractivity contribution in [3.8, 4) is 23.3 Å². The van der Waals surface area contributed by atoms with Crippen molar-refractivity contribution in [1.82, 2.24) is 10.2 Å². The highest BCUT2D eigenvalue weighted by atomic mass is 16.7. The molecule has 1 N–H and O–H groups in total. The number of nitrogens with zero attached hydrogens (tertiary/aromatic N) is 2. The zero-order valence-electron chi connectivity index (χ0n) is 17.9. The molecule has 2 aliphatic rings. The number of fused-ring (bicyclic) bond motifs is 1. The van der Waals surface area contributed by atoms with Gasteiger partial charge in [0.2, 0.25) is 6.79 Å². The largest absolute Gasteiger partial charge is 0.496 e. The van der Waals surface area contributed by atoms with Crippen LogP contribution < -0.4 is 19.5 Å². The van der Waals surface area contributed by atoms with Crippen molar-refractivity contribution in [1.29, 1.82) is 5.26 Å². The second-order valence-corrected chi connectivity index (χ2v) is 7.50. The quantitative estimate of drug-likeness (QED) is 0.528. The van der Waals surface area contributed by atoms with Gasteiger partial charge in [-0.15, -0.1) is 0 Å². The Kier molecular flexibility index (Phi) is 6.90. The fourth-order valence-electron chi connectivity index (χ4n) is 3.66. The highest BCUT2D eigenvalue weighted by Gasteiger charge is 2.16. The third-order valence-corrected chi connectivity index (χ3v) is 5.37. The highest BCUT2D eigenvalue weighted by molar-refractivity contribution is 6.01. The van der Waals surface area contributed by atoms with E-state index >= 15 is 0 Å². The Labute approximate surface area is 186 Å². The molecule has 0 saturated carbocycles. The van der Waals surface area contributed by atoms with E-state index in [-0.39, 0.29) is 18.9 Å². The standard InChI is InChI=1S/C24H25N3O5/c1-29-21-4-2-17(11-20(21)15-27-6-8-30-9-7-27)10-19(13-25)24(28)26-14-18-3-5-22-23(12-18)32-16-31-22/h2-5,10-12H,6-9,14-16H2,1H3,(H,26,28)/b19-10+. The molecule has 8 nitrogen and oxygen atoms in total. The first kappa shape index (κ1) is 21.7. The summed E-state index contributed by atoms with van der Waals surface area (Å²) in [5, 5.41) is 12.3. The molecule has 2 aliphatic heterocycles. The van der Waals surface area contributed by atoms with Gasteiger partial charge in [0.05, 0.1) is 20.3 Å². The number of amides is 1. The van der Waals surface area contributed by atoms with Crippen molar-refractivity contribution < 1.29 is 23.7 Å². The summed E-state index contributed by atoms with van der Waals surface area (Å²) >= 11 is 0.